The number of nitrogens with one attached hydrogen (secondary N) is 1. The van der Waals surface area contributed by atoms with Gasteiger partial charge in [0.05, 0.1) is 15.6 Å². The fourth-order valence-corrected chi connectivity index (χ4v) is 7.40. The van der Waals surface area contributed by atoms with Crippen LogP contribution in [0.2, 0.25) is 5.02 Å². The van der Waals surface area contributed by atoms with E-state index in [2.05, 4.69) is 5.32 Å². The minimum Gasteiger partial charge on any atom is -0.352 e. The molecular formula is C36H36ClF2N3O4S. The van der Waals surface area contributed by atoms with Gasteiger partial charge in [0.2, 0.25) is 11.8 Å². The molecule has 0 heterocycles. The van der Waals surface area contributed by atoms with Gasteiger partial charge in [-0.25, -0.2) is 17.2 Å². The smallest absolute Gasteiger partial charge is 0.264 e. The second kappa shape index (κ2) is 15.5. The van der Waals surface area contributed by atoms with Crippen molar-refractivity contribution in [3.8, 4) is 0 Å². The summed E-state index contributed by atoms with van der Waals surface area (Å²) in [5, 5.41) is 2.78. The number of carbonyl (C=O) groups excluding carboxylic acids is 2. The van der Waals surface area contributed by atoms with Crippen molar-refractivity contribution in [1.29, 1.82) is 0 Å². The predicted molar refractivity (Wildman–Crippen MR) is 178 cm³/mol. The van der Waals surface area contributed by atoms with Gasteiger partial charge in [0, 0.05) is 24.6 Å². The fourth-order valence-electron chi connectivity index (χ4n) is 5.80. The number of nitrogens with zero attached hydrogens (tertiary/aromatic N) is 2. The third kappa shape index (κ3) is 8.55. The number of rotatable bonds is 12. The molecule has 4 aromatic rings. The molecule has 1 aliphatic rings. The van der Waals surface area contributed by atoms with Crippen molar-refractivity contribution in [2.45, 2.75) is 62.0 Å². The van der Waals surface area contributed by atoms with Crippen molar-refractivity contribution in [1.82, 2.24) is 10.2 Å². The number of anilines is 1. The van der Waals surface area contributed by atoms with Gasteiger partial charge in [-0.2, -0.15) is 0 Å². The Labute approximate surface area is 279 Å². The first kappa shape index (κ1) is 34.1. The van der Waals surface area contributed by atoms with Gasteiger partial charge in [-0.3, -0.25) is 13.9 Å². The molecular weight excluding hydrogens is 644 g/mol. The second-order valence-electron chi connectivity index (χ2n) is 11.6. The van der Waals surface area contributed by atoms with E-state index in [0.29, 0.717) is 0 Å². The van der Waals surface area contributed by atoms with Crippen LogP contribution in [-0.4, -0.2) is 43.8 Å². The van der Waals surface area contributed by atoms with Gasteiger partial charge in [-0.15, -0.1) is 0 Å². The van der Waals surface area contributed by atoms with Crippen LogP contribution in [0.5, 0.6) is 0 Å². The SMILES string of the molecule is O=C(NC1CCCCC1)C(Cc1ccccc1)N(Cc1ccccc1F)C(=O)CN(c1ccc(F)c(Cl)c1)S(=O)(=O)c1ccccc1. The van der Waals surface area contributed by atoms with Crippen LogP contribution < -0.4 is 9.62 Å². The zero-order chi connectivity index (χ0) is 33.4. The summed E-state index contributed by atoms with van der Waals surface area (Å²) in [6, 6.07) is 24.8. The number of halogens is 3. The van der Waals surface area contributed by atoms with E-state index in [-0.39, 0.29) is 40.2 Å². The average Bonchev–Trinajstić information content (AvgIpc) is 3.08. The van der Waals surface area contributed by atoms with Crippen LogP contribution in [0, 0.1) is 11.6 Å². The number of hydrogen-bond donors (Lipinski definition) is 1. The summed E-state index contributed by atoms with van der Waals surface area (Å²) in [6.07, 6.45) is 4.74. The van der Waals surface area contributed by atoms with Crippen molar-refractivity contribution >= 4 is 39.1 Å². The molecule has 0 saturated heterocycles. The highest BCUT2D eigenvalue weighted by molar-refractivity contribution is 7.92. The van der Waals surface area contributed by atoms with Gasteiger partial charge in [0.15, 0.2) is 0 Å². The van der Waals surface area contributed by atoms with Crippen LogP contribution >= 0.6 is 11.6 Å². The lowest BCUT2D eigenvalue weighted by atomic mass is 9.94. The summed E-state index contributed by atoms with van der Waals surface area (Å²) in [6.45, 7) is -1.07. The maximum absolute atomic E-state index is 15.1. The van der Waals surface area contributed by atoms with Crippen LogP contribution in [-0.2, 0) is 32.6 Å². The highest BCUT2D eigenvalue weighted by Crippen LogP contribution is 2.29. The van der Waals surface area contributed by atoms with Crippen molar-refractivity contribution in [3.05, 3.63) is 131 Å². The Bertz CT molecular complexity index is 1790. The van der Waals surface area contributed by atoms with Crippen molar-refractivity contribution in [2.24, 2.45) is 0 Å². The molecule has 1 fully saturated rings. The van der Waals surface area contributed by atoms with E-state index in [1.807, 2.05) is 30.3 Å². The molecule has 1 saturated carbocycles. The van der Waals surface area contributed by atoms with Crippen molar-refractivity contribution < 1.29 is 26.8 Å². The lowest BCUT2D eigenvalue weighted by Gasteiger charge is -2.35. The first-order valence-electron chi connectivity index (χ1n) is 15.5. The Balaban J connectivity index is 1.58. The molecule has 5 rings (SSSR count). The largest absolute Gasteiger partial charge is 0.352 e. The zero-order valence-electron chi connectivity index (χ0n) is 25.7. The topological polar surface area (TPSA) is 86.8 Å². The number of sulfonamides is 1. The minimum atomic E-state index is -4.39. The minimum absolute atomic E-state index is 0.0503. The van der Waals surface area contributed by atoms with E-state index in [1.54, 1.807) is 24.3 Å². The molecule has 47 heavy (non-hydrogen) atoms. The van der Waals surface area contributed by atoms with E-state index >= 15 is 4.39 Å². The normalized spacial score (nSPS) is 14.3. The fraction of sp³-hybridized carbons (Fsp3) is 0.278. The summed E-state index contributed by atoms with van der Waals surface area (Å²) in [5.41, 5.74) is 0.874. The maximum atomic E-state index is 15.1. The lowest BCUT2D eigenvalue weighted by molar-refractivity contribution is -0.140. The molecule has 0 aromatic heterocycles. The van der Waals surface area contributed by atoms with Gasteiger partial charge < -0.3 is 10.2 Å². The van der Waals surface area contributed by atoms with Gasteiger partial charge in [-0.1, -0.05) is 97.6 Å². The highest BCUT2D eigenvalue weighted by atomic mass is 35.5. The number of carbonyl (C=O) groups is 2. The van der Waals surface area contributed by atoms with Crippen LogP contribution in [0.4, 0.5) is 14.5 Å². The maximum Gasteiger partial charge on any atom is 0.264 e. The molecule has 4 aromatic carbocycles. The second-order valence-corrected chi connectivity index (χ2v) is 13.9. The third-order valence-corrected chi connectivity index (χ3v) is 10.4. The van der Waals surface area contributed by atoms with E-state index in [1.165, 1.54) is 41.3 Å². The van der Waals surface area contributed by atoms with Gasteiger partial charge >= 0.3 is 0 Å². The molecule has 0 bridgehead atoms. The summed E-state index contributed by atoms with van der Waals surface area (Å²) >= 11 is 6.07. The first-order valence-corrected chi connectivity index (χ1v) is 17.4. The van der Waals surface area contributed by atoms with Crippen LogP contribution in [0.15, 0.2) is 108 Å². The number of amides is 2. The molecule has 0 radical (unpaired) electrons. The molecule has 1 aliphatic carbocycles. The van der Waals surface area contributed by atoms with Crippen LogP contribution in [0.25, 0.3) is 0 Å². The molecule has 0 spiro atoms. The Kier molecular flexibility index (Phi) is 11.3. The van der Waals surface area contributed by atoms with Gasteiger partial charge in [0.25, 0.3) is 10.0 Å². The van der Waals surface area contributed by atoms with Gasteiger partial charge in [0.1, 0.15) is 24.2 Å². The summed E-state index contributed by atoms with van der Waals surface area (Å²) in [4.78, 5) is 29.7. The van der Waals surface area contributed by atoms with Gasteiger partial charge in [-0.05, 0) is 54.8 Å². The molecule has 246 valence electrons. The van der Waals surface area contributed by atoms with E-state index in [4.69, 9.17) is 11.6 Å². The zero-order valence-corrected chi connectivity index (χ0v) is 27.3. The molecule has 7 nitrogen and oxygen atoms in total. The van der Waals surface area contributed by atoms with E-state index < -0.39 is 46.1 Å². The lowest BCUT2D eigenvalue weighted by Crippen LogP contribution is -2.55. The van der Waals surface area contributed by atoms with E-state index in [0.717, 1.165) is 54.1 Å². The predicted octanol–water partition coefficient (Wildman–Crippen LogP) is 6.90. The standard InChI is InChI=1S/C36H36ClF2N3O4S/c37-31-23-29(20-21-33(31)39)42(47(45,46)30-17-8-3-9-18-30)25-35(43)41(24-27-14-10-11-19-32(27)38)34(22-26-12-4-1-5-13-26)36(44)40-28-15-6-2-7-16-28/h1,3-5,8-14,17-21,23,28,34H,2,6-7,15-16,22,24-25H2,(H,40,44). The molecule has 0 aliphatic heterocycles. The summed E-state index contributed by atoms with van der Waals surface area (Å²) < 4.78 is 58.2. The summed E-state index contributed by atoms with van der Waals surface area (Å²) in [7, 11) is -4.39. The van der Waals surface area contributed by atoms with Crippen molar-refractivity contribution in [3.63, 3.8) is 0 Å². The highest BCUT2D eigenvalue weighted by Gasteiger charge is 2.36. The Morgan fingerprint density at radius 2 is 1.47 bits per heavy atom. The van der Waals surface area contributed by atoms with Crippen molar-refractivity contribution in [2.75, 3.05) is 10.8 Å². The van der Waals surface area contributed by atoms with E-state index in [9.17, 15) is 22.4 Å². The quantitative estimate of drug-likeness (QED) is 0.177. The monoisotopic (exact) mass is 679 g/mol. The molecule has 1 N–H and O–H groups in total. The number of benzene rings is 4. The Hall–Kier alpha value is -4.28. The Morgan fingerprint density at radius 3 is 2.13 bits per heavy atom. The van der Waals surface area contributed by atoms with Crippen LogP contribution in [0.3, 0.4) is 0 Å². The Morgan fingerprint density at radius 1 is 0.830 bits per heavy atom. The van der Waals surface area contributed by atoms with Crippen LogP contribution in [0.1, 0.15) is 43.2 Å². The number of hydrogen-bond acceptors (Lipinski definition) is 4. The molecule has 1 atom stereocenters. The molecule has 1 unspecified atom stereocenters. The average molecular weight is 680 g/mol. The molecule has 2 amide bonds. The molecule has 11 heteroatoms. The third-order valence-electron chi connectivity index (χ3n) is 8.32. The summed E-state index contributed by atoms with van der Waals surface area (Å²) in [5.74, 6) is -2.50. The first-order chi connectivity index (χ1) is 22.6.